The largest absolute Gasteiger partial charge is 0.370 e. The maximum atomic E-state index is 13.3. The zero-order chi connectivity index (χ0) is 24.4. The number of carbonyl (C=O) groups is 2. The number of aromatic nitrogens is 2. The lowest BCUT2D eigenvalue weighted by atomic mass is 9.94. The highest BCUT2D eigenvalue weighted by atomic mass is 35.5. The minimum Gasteiger partial charge on any atom is -0.370 e. The van der Waals surface area contributed by atoms with Crippen molar-refractivity contribution in [1.29, 1.82) is 0 Å². The van der Waals surface area contributed by atoms with Gasteiger partial charge in [-0.2, -0.15) is 4.37 Å². The van der Waals surface area contributed by atoms with E-state index in [1.165, 1.54) is 11.5 Å². The number of hydrogen-bond donors (Lipinski definition) is 1. The van der Waals surface area contributed by atoms with Gasteiger partial charge in [-0.3, -0.25) is 9.59 Å². The van der Waals surface area contributed by atoms with Crippen LogP contribution in [-0.2, 0) is 4.79 Å². The standard InChI is InChI=1S/C25H30ClN5O2S/c1-5-30(6-2)25(33)19-14-27-24-21(16(4)29-34-24)22(19)31-11-9-17(10-12-31)23(32)28-20-8-7-18(26)13-15(20)3/h7-8,13-14,17H,5-6,9-12H2,1-4H3,(H,28,32). The van der Waals surface area contributed by atoms with Gasteiger partial charge in [-0.25, -0.2) is 4.98 Å². The highest BCUT2D eigenvalue weighted by Gasteiger charge is 2.30. The molecule has 0 bridgehead atoms. The molecule has 3 aromatic rings. The van der Waals surface area contributed by atoms with E-state index in [1.54, 1.807) is 12.3 Å². The summed E-state index contributed by atoms with van der Waals surface area (Å²) in [4.78, 5) is 35.7. The maximum absolute atomic E-state index is 13.3. The van der Waals surface area contributed by atoms with Crippen molar-refractivity contribution in [1.82, 2.24) is 14.3 Å². The molecule has 1 fully saturated rings. The molecule has 1 saturated heterocycles. The van der Waals surface area contributed by atoms with E-state index >= 15 is 0 Å². The summed E-state index contributed by atoms with van der Waals surface area (Å²) >= 11 is 7.40. The summed E-state index contributed by atoms with van der Waals surface area (Å²) in [5, 5.41) is 4.66. The molecule has 3 heterocycles. The van der Waals surface area contributed by atoms with Crippen LogP contribution in [0.3, 0.4) is 0 Å². The Morgan fingerprint density at radius 3 is 2.56 bits per heavy atom. The fourth-order valence-electron chi connectivity index (χ4n) is 4.57. The predicted molar refractivity (Wildman–Crippen MR) is 139 cm³/mol. The van der Waals surface area contributed by atoms with Crippen molar-refractivity contribution in [3.8, 4) is 0 Å². The summed E-state index contributed by atoms with van der Waals surface area (Å²) in [6, 6.07) is 5.48. The van der Waals surface area contributed by atoms with Crippen LogP contribution in [0.1, 0.15) is 48.3 Å². The lowest BCUT2D eigenvalue weighted by Gasteiger charge is -2.35. The number of piperidine rings is 1. The van der Waals surface area contributed by atoms with E-state index in [-0.39, 0.29) is 17.7 Å². The Balaban J connectivity index is 1.56. The zero-order valence-electron chi connectivity index (χ0n) is 20.0. The summed E-state index contributed by atoms with van der Waals surface area (Å²) in [6.07, 6.45) is 3.10. The number of benzene rings is 1. The van der Waals surface area contributed by atoms with E-state index in [2.05, 4.69) is 19.6 Å². The van der Waals surface area contributed by atoms with Crippen LogP contribution in [0, 0.1) is 19.8 Å². The molecule has 0 atom stereocenters. The van der Waals surface area contributed by atoms with E-state index in [0.29, 0.717) is 49.6 Å². The molecule has 0 saturated carbocycles. The molecule has 34 heavy (non-hydrogen) atoms. The molecule has 7 nitrogen and oxygen atoms in total. The first-order chi connectivity index (χ1) is 16.3. The van der Waals surface area contributed by atoms with E-state index < -0.39 is 0 Å². The third kappa shape index (κ3) is 4.74. The van der Waals surface area contributed by atoms with Crippen LogP contribution < -0.4 is 10.2 Å². The number of anilines is 2. The van der Waals surface area contributed by atoms with Crippen LogP contribution in [0.15, 0.2) is 24.4 Å². The molecule has 0 radical (unpaired) electrons. The first kappa shape index (κ1) is 24.4. The van der Waals surface area contributed by atoms with Crippen molar-refractivity contribution in [2.45, 2.75) is 40.5 Å². The minimum atomic E-state index is -0.0905. The summed E-state index contributed by atoms with van der Waals surface area (Å²) in [7, 11) is 0. The highest BCUT2D eigenvalue weighted by Crippen LogP contribution is 2.37. The molecule has 0 unspecified atom stereocenters. The molecule has 1 aliphatic rings. The van der Waals surface area contributed by atoms with Gasteiger partial charge < -0.3 is 15.1 Å². The van der Waals surface area contributed by atoms with Gasteiger partial charge in [0.2, 0.25) is 5.91 Å². The quantitative estimate of drug-likeness (QED) is 0.498. The number of carbonyl (C=O) groups excluding carboxylic acids is 2. The number of hydrogen-bond acceptors (Lipinski definition) is 6. The molecule has 1 aromatic carbocycles. The van der Waals surface area contributed by atoms with Crippen molar-refractivity contribution < 1.29 is 9.59 Å². The summed E-state index contributed by atoms with van der Waals surface area (Å²) in [5.41, 5.74) is 4.13. The second-order valence-electron chi connectivity index (χ2n) is 8.66. The number of halogens is 1. The maximum Gasteiger partial charge on any atom is 0.257 e. The number of pyridine rings is 1. The Hall–Kier alpha value is -2.71. The summed E-state index contributed by atoms with van der Waals surface area (Å²) in [6.45, 7) is 10.5. The van der Waals surface area contributed by atoms with Gasteiger partial charge in [-0.1, -0.05) is 11.6 Å². The van der Waals surface area contributed by atoms with Crippen LogP contribution >= 0.6 is 23.1 Å². The SMILES string of the molecule is CCN(CC)C(=O)c1cnc2snc(C)c2c1N1CCC(C(=O)Nc2ccc(Cl)cc2C)CC1. The zero-order valence-corrected chi connectivity index (χ0v) is 21.6. The fourth-order valence-corrected chi connectivity index (χ4v) is 5.55. The van der Waals surface area contributed by atoms with Crippen LogP contribution in [0.4, 0.5) is 11.4 Å². The lowest BCUT2D eigenvalue weighted by Crippen LogP contribution is -2.40. The molecule has 1 N–H and O–H groups in total. The first-order valence-corrected chi connectivity index (χ1v) is 12.8. The van der Waals surface area contributed by atoms with E-state index in [4.69, 9.17) is 11.6 Å². The number of nitrogens with one attached hydrogen (secondary N) is 1. The lowest BCUT2D eigenvalue weighted by molar-refractivity contribution is -0.120. The topological polar surface area (TPSA) is 78.4 Å². The van der Waals surface area contributed by atoms with E-state index in [1.807, 2.05) is 44.7 Å². The normalized spacial score (nSPS) is 14.4. The summed E-state index contributed by atoms with van der Waals surface area (Å²) < 4.78 is 4.50. The highest BCUT2D eigenvalue weighted by molar-refractivity contribution is 7.13. The Kier molecular flexibility index (Phi) is 7.38. The molecular weight excluding hydrogens is 470 g/mol. The third-order valence-corrected chi connectivity index (χ3v) is 7.64. The molecular formula is C25H30ClN5O2S. The van der Waals surface area contributed by atoms with Gasteiger partial charge in [0.05, 0.1) is 22.3 Å². The molecule has 2 amide bonds. The van der Waals surface area contributed by atoms with Crippen LogP contribution in [0.2, 0.25) is 5.02 Å². The molecule has 9 heteroatoms. The van der Waals surface area contributed by atoms with Gasteiger partial charge in [0, 0.05) is 49.0 Å². The Bertz CT molecular complexity index is 1220. The van der Waals surface area contributed by atoms with Gasteiger partial charge in [0.1, 0.15) is 4.83 Å². The first-order valence-electron chi connectivity index (χ1n) is 11.7. The number of amides is 2. The third-order valence-electron chi connectivity index (χ3n) is 6.56. The number of fused-ring (bicyclic) bond motifs is 1. The van der Waals surface area contributed by atoms with Gasteiger partial charge >= 0.3 is 0 Å². The van der Waals surface area contributed by atoms with Gasteiger partial charge in [0.25, 0.3) is 5.91 Å². The Labute approximate surface area is 209 Å². The monoisotopic (exact) mass is 499 g/mol. The fraction of sp³-hybridized carbons (Fsp3) is 0.440. The van der Waals surface area contributed by atoms with Crippen LogP contribution in [0.25, 0.3) is 10.2 Å². The number of nitrogens with zero attached hydrogens (tertiary/aromatic N) is 4. The van der Waals surface area contributed by atoms with Gasteiger partial charge in [-0.15, -0.1) is 0 Å². The van der Waals surface area contributed by atoms with Crippen molar-refractivity contribution in [3.63, 3.8) is 0 Å². The Morgan fingerprint density at radius 1 is 1.21 bits per heavy atom. The smallest absolute Gasteiger partial charge is 0.257 e. The van der Waals surface area contributed by atoms with Crippen molar-refractivity contribution >= 4 is 56.5 Å². The van der Waals surface area contributed by atoms with Crippen LogP contribution in [-0.4, -0.2) is 52.3 Å². The molecule has 2 aromatic heterocycles. The van der Waals surface area contributed by atoms with Crippen molar-refractivity contribution in [2.24, 2.45) is 5.92 Å². The average molecular weight is 500 g/mol. The molecule has 4 rings (SSSR count). The molecule has 180 valence electrons. The van der Waals surface area contributed by atoms with E-state index in [0.717, 1.165) is 32.8 Å². The minimum absolute atomic E-state index is 0.0157. The summed E-state index contributed by atoms with van der Waals surface area (Å²) in [5.74, 6) is -0.0804. The molecule has 0 spiro atoms. The van der Waals surface area contributed by atoms with Gasteiger partial charge in [0.15, 0.2) is 0 Å². The number of aryl methyl sites for hydroxylation is 2. The molecule has 1 aliphatic heterocycles. The van der Waals surface area contributed by atoms with Crippen molar-refractivity contribution in [3.05, 3.63) is 46.2 Å². The van der Waals surface area contributed by atoms with Crippen molar-refractivity contribution in [2.75, 3.05) is 36.4 Å². The predicted octanol–water partition coefficient (Wildman–Crippen LogP) is 5.30. The number of rotatable bonds is 6. The Morgan fingerprint density at radius 2 is 1.91 bits per heavy atom. The molecule has 0 aliphatic carbocycles. The van der Waals surface area contributed by atoms with Crippen LogP contribution in [0.5, 0.6) is 0 Å². The van der Waals surface area contributed by atoms with E-state index in [9.17, 15) is 9.59 Å². The average Bonchev–Trinajstić information content (AvgIpc) is 3.22. The second-order valence-corrected chi connectivity index (χ2v) is 9.84. The second kappa shape index (κ2) is 10.3. The van der Waals surface area contributed by atoms with Gasteiger partial charge in [-0.05, 0) is 75.8 Å².